The van der Waals surface area contributed by atoms with Crippen LogP contribution in [0.2, 0.25) is 0 Å². The molecule has 0 saturated carbocycles. The molecule has 5 heteroatoms. The molecule has 31 heavy (non-hydrogen) atoms. The Morgan fingerprint density at radius 1 is 0.806 bits per heavy atom. The summed E-state index contributed by atoms with van der Waals surface area (Å²) in [5, 5.41) is 6.91. The zero-order chi connectivity index (χ0) is 23.6. The van der Waals surface area contributed by atoms with E-state index in [-0.39, 0.29) is 11.7 Å². The molecule has 0 bridgehead atoms. The maximum atomic E-state index is 11.9. The molecule has 1 amide bonds. The predicted molar refractivity (Wildman–Crippen MR) is 133 cm³/mol. The van der Waals surface area contributed by atoms with Crippen molar-refractivity contribution in [3.63, 3.8) is 0 Å². The van der Waals surface area contributed by atoms with Crippen molar-refractivity contribution in [1.29, 1.82) is 0 Å². The molecule has 0 aromatic rings. The first kappa shape index (κ1) is 28.2. The molecule has 0 aromatic heterocycles. The van der Waals surface area contributed by atoms with Gasteiger partial charge in [0, 0.05) is 24.7 Å². The van der Waals surface area contributed by atoms with Crippen molar-refractivity contribution in [2.75, 3.05) is 19.6 Å². The van der Waals surface area contributed by atoms with E-state index in [9.17, 15) is 4.79 Å². The van der Waals surface area contributed by atoms with Crippen molar-refractivity contribution in [2.45, 2.75) is 125 Å². The minimum atomic E-state index is -0.388. The predicted octanol–water partition coefficient (Wildman–Crippen LogP) is 5.83. The van der Waals surface area contributed by atoms with Crippen LogP contribution in [0.4, 0.5) is 4.79 Å². The van der Waals surface area contributed by atoms with Crippen LogP contribution >= 0.6 is 0 Å². The first-order chi connectivity index (χ1) is 14.4. The number of carbonyl (C=O) groups is 1. The summed E-state index contributed by atoms with van der Waals surface area (Å²) in [7, 11) is 0. The van der Waals surface area contributed by atoms with Gasteiger partial charge in [0.1, 0.15) is 5.60 Å². The Bertz CT molecular complexity index is 467. The van der Waals surface area contributed by atoms with Gasteiger partial charge in [-0.15, -0.1) is 0 Å². The molecule has 3 atom stereocenters. The fourth-order valence-electron chi connectivity index (χ4n) is 4.59. The summed E-state index contributed by atoms with van der Waals surface area (Å²) in [5.41, 5.74) is -0.388. The number of amides is 1. The Morgan fingerprint density at radius 2 is 1.29 bits per heavy atom. The first-order valence-electron chi connectivity index (χ1n) is 12.9. The molecule has 3 heterocycles. The van der Waals surface area contributed by atoms with Crippen molar-refractivity contribution in [3.05, 3.63) is 0 Å². The van der Waals surface area contributed by atoms with Crippen molar-refractivity contribution >= 4 is 6.09 Å². The lowest BCUT2D eigenvalue weighted by Crippen LogP contribution is -2.41. The van der Waals surface area contributed by atoms with Crippen LogP contribution in [0, 0.1) is 17.8 Å². The van der Waals surface area contributed by atoms with Crippen molar-refractivity contribution in [3.8, 4) is 0 Å². The maximum Gasteiger partial charge on any atom is 0.410 e. The van der Waals surface area contributed by atoms with Gasteiger partial charge in [-0.05, 0) is 90.1 Å². The highest BCUT2D eigenvalue weighted by molar-refractivity contribution is 5.69. The topological polar surface area (TPSA) is 53.6 Å². The van der Waals surface area contributed by atoms with Gasteiger partial charge < -0.3 is 20.3 Å². The summed E-state index contributed by atoms with van der Waals surface area (Å²) in [6.45, 7) is 22.5. The third-order valence-corrected chi connectivity index (χ3v) is 6.50. The smallest absolute Gasteiger partial charge is 0.410 e. The van der Waals surface area contributed by atoms with E-state index in [1.807, 2.05) is 25.7 Å². The molecule has 3 saturated heterocycles. The van der Waals surface area contributed by atoms with Crippen LogP contribution in [0.5, 0.6) is 0 Å². The first-order valence-corrected chi connectivity index (χ1v) is 12.9. The fraction of sp³-hybridized carbons (Fsp3) is 0.962. The molecule has 3 aliphatic heterocycles. The zero-order valence-corrected chi connectivity index (χ0v) is 22.1. The molecule has 3 unspecified atom stereocenters. The van der Waals surface area contributed by atoms with Gasteiger partial charge >= 0.3 is 6.09 Å². The molecule has 0 spiro atoms. The number of carbonyl (C=O) groups excluding carboxylic acids is 1. The summed E-state index contributed by atoms with van der Waals surface area (Å²) in [6.07, 6.45) is 7.58. The van der Waals surface area contributed by atoms with Gasteiger partial charge in [0.15, 0.2) is 0 Å². The Morgan fingerprint density at radius 3 is 1.58 bits per heavy atom. The number of nitrogens with zero attached hydrogens (tertiary/aromatic N) is 1. The average molecular weight is 440 g/mol. The fourth-order valence-corrected chi connectivity index (χ4v) is 4.59. The summed E-state index contributed by atoms with van der Waals surface area (Å²) in [5.74, 6) is 2.18. The Kier molecular flexibility index (Phi) is 12.4. The van der Waals surface area contributed by atoms with Crippen LogP contribution in [0.3, 0.4) is 0 Å². The van der Waals surface area contributed by atoms with E-state index in [1.54, 1.807) is 0 Å². The lowest BCUT2D eigenvalue weighted by Gasteiger charge is -2.30. The van der Waals surface area contributed by atoms with Gasteiger partial charge in [-0.3, -0.25) is 0 Å². The van der Waals surface area contributed by atoms with E-state index in [0.29, 0.717) is 12.0 Å². The highest BCUT2D eigenvalue weighted by Crippen LogP contribution is 2.25. The molecule has 3 aliphatic rings. The van der Waals surface area contributed by atoms with Gasteiger partial charge in [0.25, 0.3) is 0 Å². The summed E-state index contributed by atoms with van der Waals surface area (Å²) < 4.78 is 5.39. The van der Waals surface area contributed by atoms with Crippen LogP contribution in [-0.4, -0.2) is 54.4 Å². The molecular weight excluding hydrogens is 386 g/mol. The summed E-state index contributed by atoms with van der Waals surface area (Å²) in [4.78, 5) is 13.8. The third-order valence-electron chi connectivity index (χ3n) is 6.50. The van der Waals surface area contributed by atoms with Crippen molar-refractivity contribution in [2.24, 2.45) is 17.8 Å². The standard InChI is InChI=1S/C12H23NO2.2C7H15N/c1-9(2)10-7-6-8-13(10)11(14)15-12(3,4)5;2*1-6(2)7-4-3-5-8-7/h9-10H,6-8H2,1-5H3;2*6-8H,3-5H2,1-2H3. The Balaban J connectivity index is 0.000000253. The van der Waals surface area contributed by atoms with E-state index in [1.165, 1.54) is 38.8 Å². The molecule has 2 N–H and O–H groups in total. The molecule has 5 nitrogen and oxygen atoms in total. The molecule has 0 aliphatic carbocycles. The molecule has 0 radical (unpaired) electrons. The lowest BCUT2D eigenvalue weighted by atomic mass is 10.0. The van der Waals surface area contributed by atoms with Crippen molar-refractivity contribution < 1.29 is 9.53 Å². The van der Waals surface area contributed by atoms with E-state index in [4.69, 9.17) is 4.74 Å². The summed E-state index contributed by atoms with van der Waals surface area (Å²) >= 11 is 0. The van der Waals surface area contributed by atoms with Gasteiger partial charge in [0.2, 0.25) is 0 Å². The maximum absolute atomic E-state index is 11.9. The second kappa shape index (κ2) is 13.7. The van der Waals surface area contributed by atoms with Gasteiger partial charge in [-0.1, -0.05) is 41.5 Å². The minimum absolute atomic E-state index is 0.154. The average Bonchev–Trinajstić information content (AvgIpc) is 3.43. The van der Waals surface area contributed by atoms with E-state index < -0.39 is 0 Å². The summed E-state index contributed by atoms with van der Waals surface area (Å²) in [6, 6.07) is 1.99. The van der Waals surface area contributed by atoms with Gasteiger partial charge in [0.05, 0.1) is 0 Å². The van der Waals surface area contributed by atoms with Crippen LogP contribution in [0.15, 0.2) is 0 Å². The molecule has 184 valence electrons. The number of ether oxygens (including phenoxy) is 1. The lowest BCUT2D eigenvalue weighted by molar-refractivity contribution is 0.0190. The number of rotatable bonds is 3. The van der Waals surface area contributed by atoms with E-state index in [2.05, 4.69) is 52.2 Å². The number of likely N-dealkylation sites (tertiary alicyclic amines) is 1. The SMILES string of the molecule is CC(C)C1CCCN1.CC(C)C1CCCN1.CC(C)C1CCCN1C(=O)OC(C)(C)C. The second-order valence-electron chi connectivity index (χ2n) is 11.5. The quantitative estimate of drug-likeness (QED) is 0.581. The largest absolute Gasteiger partial charge is 0.444 e. The minimum Gasteiger partial charge on any atom is -0.444 e. The van der Waals surface area contributed by atoms with Gasteiger partial charge in [-0.25, -0.2) is 4.79 Å². The second-order valence-corrected chi connectivity index (χ2v) is 11.5. The van der Waals surface area contributed by atoms with Crippen LogP contribution in [0.25, 0.3) is 0 Å². The van der Waals surface area contributed by atoms with Gasteiger partial charge in [-0.2, -0.15) is 0 Å². The van der Waals surface area contributed by atoms with Crippen molar-refractivity contribution in [1.82, 2.24) is 15.5 Å². The van der Waals surface area contributed by atoms with Crippen LogP contribution in [-0.2, 0) is 4.74 Å². The number of hydrogen-bond donors (Lipinski definition) is 2. The molecular formula is C26H53N3O2. The highest BCUT2D eigenvalue weighted by Gasteiger charge is 2.33. The van der Waals surface area contributed by atoms with Crippen LogP contribution < -0.4 is 10.6 Å². The Labute approximate surface area is 193 Å². The molecule has 3 fully saturated rings. The normalized spacial score (nSPS) is 26.1. The zero-order valence-electron chi connectivity index (χ0n) is 22.1. The third kappa shape index (κ3) is 11.1. The van der Waals surface area contributed by atoms with Crippen LogP contribution in [0.1, 0.15) is 101 Å². The number of nitrogens with one attached hydrogen (secondary N) is 2. The molecule has 3 rings (SSSR count). The van der Waals surface area contributed by atoms with E-state index >= 15 is 0 Å². The highest BCUT2D eigenvalue weighted by atomic mass is 16.6. The monoisotopic (exact) mass is 439 g/mol. The number of hydrogen-bond acceptors (Lipinski definition) is 4. The molecule has 0 aromatic carbocycles. The van der Waals surface area contributed by atoms with E-state index in [0.717, 1.165) is 43.3 Å². The Hall–Kier alpha value is -0.810.